The van der Waals surface area contributed by atoms with E-state index in [0.717, 1.165) is 32.9 Å². The number of nitro benzene ring substituents is 1. The number of piperidine rings is 1. The molecule has 15 heteroatoms. The van der Waals surface area contributed by atoms with Crippen LogP contribution in [0.1, 0.15) is 78.7 Å². The normalized spacial score (nSPS) is 19.9. The van der Waals surface area contributed by atoms with Crippen molar-refractivity contribution in [2.24, 2.45) is 16.3 Å². The number of likely N-dealkylation sites (tertiary alicyclic amines) is 1. The second kappa shape index (κ2) is 16.2. The van der Waals surface area contributed by atoms with Gasteiger partial charge in [-0.25, -0.2) is 13.2 Å². The van der Waals surface area contributed by atoms with E-state index in [1.54, 1.807) is 27.0 Å². The molecule has 0 saturated carbocycles. The standard InChI is InChI=1S/C39H49N5O9S/c1-6-24(2)36(37(47)42-18-12-11-16-31(42)38(48)49)43(54(52,53)34-17-10-9-15-30(34)44(50)51)23-27(19-26-22-40-29-14-8-7-13-28(26)29)41-25(3)35-32(45)20-39(4,5)21-33(35)46/h7-10,13-15,17,22,24,27,31,36,40,45H,6,11-12,16,18-21,23H2,1-5H3,(H,48,49)/t24-,27-,31+,36-/m0/s1. The van der Waals surface area contributed by atoms with Crippen LogP contribution in [0.5, 0.6) is 0 Å². The molecular formula is C39H49N5O9S. The summed E-state index contributed by atoms with van der Waals surface area (Å²) in [4.78, 5) is 60.7. The Labute approximate surface area is 315 Å². The molecule has 14 nitrogen and oxygen atoms in total. The number of rotatable bonds is 14. The summed E-state index contributed by atoms with van der Waals surface area (Å²) < 4.78 is 31.0. The second-order valence-corrected chi connectivity index (χ2v) is 17.1. The number of H-pyrrole nitrogens is 1. The second-order valence-electron chi connectivity index (χ2n) is 15.2. The Balaban J connectivity index is 1.72. The summed E-state index contributed by atoms with van der Waals surface area (Å²) in [6, 6.07) is 8.78. The number of aromatic nitrogens is 1. The van der Waals surface area contributed by atoms with Crippen molar-refractivity contribution >= 4 is 50.0 Å². The zero-order valence-corrected chi connectivity index (χ0v) is 32.1. The first-order chi connectivity index (χ1) is 25.5. The lowest BCUT2D eigenvalue weighted by Crippen LogP contribution is -2.59. The molecule has 5 rings (SSSR count). The molecule has 1 aromatic heterocycles. The molecule has 0 radical (unpaired) electrons. The lowest BCUT2D eigenvalue weighted by molar-refractivity contribution is -0.387. The molecule has 4 atom stereocenters. The van der Waals surface area contributed by atoms with E-state index in [1.807, 2.05) is 38.1 Å². The highest BCUT2D eigenvalue weighted by molar-refractivity contribution is 7.89. The first-order valence-corrected chi connectivity index (χ1v) is 19.7. The van der Waals surface area contributed by atoms with E-state index >= 15 is 8.42 Å². The van der Waals surface area contributed by atoms with Gasteiger partial charge < -0.3 is 20.1 Å². The summed E-state index contributed by atoms with van der Waals surface area (Å²) in [7, 11) is -4.88. The van der Waals surface area contributed by atoms with Crippen LogP contribution in [0.2, 0.25) is 0 Å². The number of fused-ring (bicyclic) bond motifs is 1. The fourth-order valence-corrected chi connectivity index (χ4v) is 9.63. The zero-order chi connectivity index (χ0) is 39.5. The summed E-state index contributed by atoms with van der Waals surface area (Å²) in [5.74, 6) is -3.01. The van der Waals surface area contributed by atoms with E-state index < -0.39 is 73.4 Å². The topological polar surface area (TPSA) is 204 Å². The smallest absolute Gasteiger partial charge is 0.326 e. The van der Waals surface area contributed by atoms with Crippen molar-refractivity contribution in [3.8, 4) is 0 Å². The van der Waals surface area contributed by atoms with Crippen LogP contribution in [-0.4, -0.2) is 92.3 Å². The number of ketones is 1. The number of carbonyl (C=O) groups is 3. The van der Waals surface area contributed by atoms with Crippen molar-refractivity contribution in [3.05, 3.63) is 81.7 Å². The summed E-state index contributed by atoms with van der Waals surface area (Å²) in [6.45, 7) is 8.43. The number of benzene rings is 2. The largest absolute Gasteiger partial charge is 0.511 e. The quantitative estimate of drug-likeness (QED) is 0.0967. The highest BCUT2D eigenvalue weighted by Gasteiger charge is 2.46. The lowest BCUT2D eigenvalue weighted by Gasteiger charge is -2.41. The van der Waals surface area contributed by atoms with Gasteiger partial charge in [-0.1, -0.05) is 64.4 Å². The van der Waals surface area contributed by atoms with Crippen LogP contribution >= 0.6 is 0 Å². The number of aliphatic hydroxyl groups excluding tert-OH is 1. The number of aliphatic hydroxyl groups is 1. The first kappa shape index (κ1) is 40.3. The van der Waals surface area contributed by atoms with Gasteiger partial charge in [0.2, 0.25) is 5.91 Å². The Bertz CT molecular complexity index is 2100. The van der Waals surface area contributed by atoms with Gasteiger partial charge in [-0.15, -0.1) is 0 Å². The predicted octanol–water partition coefficient (Wildman–Crippen LogP) is 6.22. The van der Waals surface area contributed by atoms with Crippen LogP contribution in [0.15, 0.2) is 75.9 Å². The molecule has 3 aromatic rings. The summed E-state index contributed by atoms with van der Waals surface area (Å²) in [5.41, 5.74) is 0.664. The van der Waals surface area contributed by atoms with E-state index in [1.165, 1.54) is 17.0 Å². The third-order valence-corrected chi connectivity index (χ3v) is 12.5. The molecule has 290 valence electrons. The highest BCUT2D eigenvalue weighted by Crippen LogP contribution is 2.37. The van der Waals surface area contributed by atoms with E-state index in [2.05, 4.69) is 4.98 Å². The van der Waals surface area contributed by atoms with Gasteiger partial charge in [0.1, 0.15) is 17.8 Å². The van der Waals surface area contributed by atoms with E-state index in [-0.39, 0.29) is 55.1 Å². The number of carbonyl (C=O) groups excluding carboxylic acids is 2. The van der Waals surface area contributed by atoms with Crippen LogP contribution in [0.3, 0.4) is 0 Å². The molecule has 3 N–H and O–H groups in total. The number of carboxylic acid groups (broad SMARTS) is 1. The van der Waals surface area contributed by atoms with Gasteiger partial charge in [0.25, 0.3) is 15.7 Å². The molecule has 2 aliphatic rings. The van der Waals surface area contributed by atoms with Crippen molar-refractivity contribution in [3.63, 3.8) is 0 Å². The van der Waals surface area contributed by atoms with E-state index in [9.17, 15) is 34.7 Å². The number of aromatic amines is 1. The van der Waals surface area contributed by atoms with Gasteiger partial charge in [0.15, 0.2) is 10.7 Å². The summed E-state index contributed by atoms with van der Waals surface area (Å²) in [5, 5.41) is 34.3. The number of hydrogen-bond acceptors (Lipinski definition) is 9. The van der Waals surface area contributed by atoms with Crippen LogP contribution < -0.4 is 0 Å². The molecule has 1 amide bonds. The third kappa shape index (κ3) is 8.41. The monoisotopic (exact) mass is 763 g/mol. The number of nitro groups is 1. The molecule has 1 saturated heterocycles. The number of amides is 1. The van der Waals surface area contributed by atoms with Crippen molar-refractivity contribution in [1.82, 2.24) is 14.2 Å². The third-order valence-electron chi connectivity index (χ3n) is 10.6. The summed E-state index contributed by atoms with van der Waals surface area (Å²) in [6.07, 6.45) is 3.89. The maximum Gasteiger partial charge on any atom is 0.326 e. The zero-order valence-electron chi connectivity index (χ0n) is 31.3. The predicted molar refractivity (Wildman–Crippen MR) is 204 cm³/mol. The number of aliphatic imine (C=N–C) groups is 1. The molecular weight excluding hydrogens is 715 g/mol. The number of allylic oxidation sites excluding steroid dienone is 2. The average Bonchev–Trinajstić information content (AvgIpc) is 3.52. The Kier molecular flexibility index (Phi) is 12.1. The molecule has 54 heavy (non-hydrogen) atoms. The molecule has 1 aliphatic carbocycles. The van der Waals surface area contributed by atoms with E-state index in [4.69, 9.17) is 4.99 Å². The molecule has 2 aromatic carbocycles. The average molecular weight is 764 g/mol. The minimum Gasteiger partial charge on any atom is -0.511 e. The molecule has 1 fully saturated rings. The van der Waals surface area contributed by atoms with Gasteiger partial charge in [0.05, 0.1) is 16.5 Å². The van der Waals surface area contributed by atoms with Gasteiger partial charge in [-0.3, -0.25) is 24.7 Å². The van der Waals surface area contributed by atoms with Crippen LogP contribution in [-0.2, 0) is 30.8 Å². The molecule has 1 aliphatic heterocycles. The highest BCUT2D eigenvalue weighted by atomic mass is 32.2. The fraction of sp³-hybridized carbons (Fsp3) is 0.487. The summed E-state index contributed by atoms with van der Waals surface area (Å²) >= 11 is 0. The van der Waals surface area contributed by atoms with Gasteiger partial charge in [-0.2, -0.15) is 4.31 Å². The number of nitrogens with zero attached hydrogens (tertiary/aromatic N) is 4. The number of nitrogens with one attached hydrogen (secondary N) is 1. The fourth-order valence-electron chi connectivity index (χ4n) is 7.76. The number of Topliss-reactive ketones (excluding diaryl/α,β-unsaturated/α-hetero) is 1. The van der Waals surface area contributed by atoms with Gasteiger partial charge >= 0.3 is 5.97 Å². The molecule has 0 bridgehead atoms. The van der Waals surface area contributed by atoms with Crippen LogP contribution in [0.4, 0.5) is 5.69 Å². The Morgan fingerprint density at radius 1 is 1.13 bits per heavy atom. The Morgan fingerprint density at radius 2 is 1.81 bits per heavy atom. The minimum absolute atomic E-state index is 0.0542. The lowest BCUT2D eigenvalue weighted by atomic mass is 9.75. The number of para-hydroxylation sites is 2. The van der Waals surface area contributed by atoms with Crippen molar-refractivity contribution in [2.45, 2.75) is 103 Å². The Hall–Kier alpha value is -4.89. The number of aliphatic carboxylic acids is 1. The molecule has 2 heterocycles. The van der Waals surface area contributed by atoms with Gasteiger partial charge in [0, 0.05) is 54.8 Å². The first-order valence-electron chi connectivity index (χ1n) is 18.3. The van der Waals surface area contributed by atoms with E-state index in [0.29, 0.717) is 19.3 Å². The van der Waals surface area contributed by atoms with Crippen molar-refractivity contribution in [2.75, 3.05) is 13.1 Å². The van der Waals surface area contributed by atoms with Crippen molar-refractivity contribution in [1.29, 1.82) is 0 Å². The molecule has 0 unspecified atom stereocenters. The SMILES string of the molecule is CC[C@H](C)[C@@H](C(=O)N1CCCC[C@@H]1C(=O)O)N(C[C@H](Cc1c[nH]c2ccccc12)N=C(C)C1=C(O)CC(C)(C)CC1=O)S(=O)(=O)c1ccccc1[N+](=O)[O-]. The Morgan fingerprint density at radius 3 is 2.48 bits per heavy atom. The van der Waals surface area contributed by atoms with Crippen LogP contribution in [0, 0.1) is 21.4 Å². The van der Waals surface area contributed by atoms with Crippen molar-refractivity contribution < 1.29 is 37.9 Å². The van der Waals surface area contributed by atoms with Gasteiger partial charge in [-0.05, 0) is 61.6 Å². The maximum absolute atomic E-state index is 15.0. The molecule has 0 spiro atoms. The number of sulfonamides is 1. The minimum atomic E-state index is -4.88. The maximum atomic E-state index is 15.0. The number of hydrogen-bond donors (Lipinski definition) is 3. The number of carboxylic acids is 1. The van der Waals surface area contributed by atoms with Crippen LogP contribution in [0.25, 0.3) is 10.9 Å².